The molecule has 0 aliphatic heterocycles. The molecule has 0 N–H and O–H groups in total. The molecule has 0 amide bonds. The second-order valence-electron chi connectivity index (χ2n) is 1.92. The molecule has 1 aromatic rings. The minimum Gasteiger partial charge on any atom is -0.497 e. The van der Waals surface area contributed by atoms with Crippen molar-refractivity contribution in [1.82, 2.24) is 0 Å². The molecule has 0 aliphatic carbocycles. The third-order valence-corrected chi connectivity index (χ3v) is 1.28. The summed E-state index contributed by atoms with van der Waals surface area (Å²) < 4.78 is 18.8. The zero-order valence-corrected chi connectivity index (χ0v) is 5.79. The van der Waals surface area contributed by atoms with E-state index in [4.69, 9.17) is 7.48 Å². The Morgan fingerprint density at radius 2 is 2.20 bits per heavy atom. The van der Waals surface area contributed by atoms with Gasteiger partial charge in [0.25, 0.3) is 0 Å². The van der Waals surface area contributed by atoms with E-state index in [-0.39, 0.29) is 6.53 Å². The van der Waals surface area contributed by atoms with Crippen LogP contribution in [0.1, 0.15) is 8.30 Å². The van der Waals surface area contributed by atoms with E-state index in [9.17, 15) is 0 Å². The van der Waals surface area contributed by atoms with Crippen LogP contribution in [0.25, 0.3) is 6.08 Å². The Kier molecular flexibility index (Phi) is 1.40. The molecule has 0 saturated heterocycles. The number of methoxy groups -OCH3 is 1. The molecule has 0 aliphatic rings. The van der Waals surface area contributed by atoms with Gasteiger partial charge in [0, 0.05) is 0 Å². The molecule has 1 rings (SSSR count). The fraction of sp³-hybridized carbons (Fsp3) is 0.111. The SMILES string of the molecule is [2H]C([2H])=Cc1ccc(OC)cc1. The van der Waals surface area contributed by atoms with Gasteiger partial charge >= 0.3 is 0 Å². The molecule has 52 valence electrons. The van der Waals surface area contributed by atoms with Gasteiger partial charge < -0.3 is 4.74 Å². The van der Waals surface area contributed by atoms with Gasteiger partial charge in [0.2, 0.25) is 0 Å². The largest absolute Gasteiger partial charge is 0.497 e. The molecule has 1 nitrogen and oxygen atoms in total. The lowest BCUT2D eigenvalue weighted by Gasteiger charge is -1.97. The van der Waals surface area contributed by atoms with Gasteiger partial charge in [0.15, 0.2) is 0 Å². The smallest absolute Gasteiger partial charge is 0.118 e. The summed E-state index contributed by atoms with van der Waals surface area (Å²) in [4.78, 5) is 0. The van der Waals surface area contributed by atoms with Crippen molar-refractivity contribution in [1.29, 1.82) is 0 Å². The second-order valence-corrected chi connectivity index (χ2v) is 1.92. The molecule has 1 heteroatoms. The monoisotopic (exact) mass is 136 g/mol. The van der Waals surface area contributed by atoms with Crippen molar-refractivity contribution < 1.29 is 7.48 Å². The van der Waals surface area contributed by atoms with Gasteiger partial charge in [-0.15, -0.1) is 0 Å². The van der Waals surface area contributed by atoms with E-state index in [1.54, 1.807) is 19.2 Å². The summed E-state index contributed by atoms with van der Waals surface area (Å²) in [5.41, 5.74) is 0.843. The Bertz CT molecular complexity index is 273. The highest BCUT2D eigenvalue weighted by Crippen LogP contribution is 2.11. The van der Waals surface area contributed by atoms with Gasteiger partial charge in [-0.1, -0.05) is 24.7 Å². The minimum absolute atomic E-state index is 0.194. The van der Waals surface area contributed by atoms with E-state index >= 15 is 0 Å². The van der Waals surface area contributed by atoms with Gasteiger partial charge in [0.05, 0.1) is 9.85 Å². The Morgan fingerprint density at radius 1 is 1.50 bits per heavy atom. The first-order valence-corrected chi connectivity index (χ1v) is 3.01. The van der Waals surface area contributed by atoms with Gasteiger partial charge in [0.1, 0.15) is 5.75 Å². The van der Waals surface area contributed by atoms with Crippen molar-refractivity contribution in [3.8, 4) is 5.75 Å². The van der Waals surface area contributed by atoms with Gasteiger partial charge in [-0.2, -0.15) is 0 Å². The summed E-state index contributed by atoms with van der Waals surface area (Å²) in [6, 6.07) is 7.22. The topological polar surface area (TPSA) is 9.23 Å². The second kappa shape index (κ2) is 3.06. The first-order chi connectivity index (χ1) is 5.72. The fourth-order valence-corrected chi connectivity index (χ4v) is 0.700. The average Bonchev–Trinajstić information content (AvgIpc) is 2.05. The molecule has 0 aromatic heterocycles. The molecule has 0 bridgehead atoms. The first kappa shape index (κ1) is 4.56. The van der Waals surface area contributed by atoms with Crippen molar-refractivity contribution >= 4 is 6.08 Å². The highest BCUT2D eigenvalue weighted by atomic mass is 16.5. The standard InChI is InChI=1S/C9H10O/c1-3-8-4-6-9(10-2)7-5-8/h3-7H,1H2,2H3/i1D2. The van der Waals surface area contributed by atoms with Crippen LogP contribution >= 0.6 is 0 Å². The Hall–Kier alpha value is -1.24. The van der Waals surface area contributed by atoms with Crippen molar-refractivity contribution in [2.75, 3.05) is 7.11 Å². The summed E-state index contributed by atoms with van der Waals surface area (Å²) >= 11 is 0. The number of benzene rings is 1. The molecular formula is C9H10O. The Labute approximate surface area is 63.8 Å². The van der Waals surface area contributed by atoms with Crippen LogP contribution in [0.15, 0.2) is 30.8 Å². The van der Waals surface area contributed by atoms with Crippen LogP contribution in [0.5, 0.6) is 5.75 Å². The highest BCUT2D eigenvalue weighted by Gasteiger charge is 1.87. The maximum absolute atomic E-state index is 6.91. The lowest BCUT2D eigenvalue weighted by molar-refractivity contribution is 0.415. The predicted octanol–water partition coefficient (Wildman–Crippen LogP) is 2.34. The van der Waals surface area contributed by atoms with E-state index in [1.807, 2.05) is 12.1 Å². The van der Waals surface area contributed by atoms with E-state index < -0.39 is 0 Å². The lowest BCUT2D eigenvalue weighted by atomic mass is 10.2. The van der Waals surface area contributed by atoms with Gasteiger partial charge in [-0.25, -0.2) is 0 Å². The number of ether oxygens (including phenoxy) is 1. The molecule has 0 saturated carbocycles. The summed E-state index contributed by atoms with van der Waals surface area (Å²) in [5, 5.41) is 0. The fourth-order valence-electron chi connectivity index (χ4n) is 0.700. The highest BCUT2D eigenvalue weighted by molar-refractivity contribution is 5.48. The summed E-state index contributed by atoms with van der Waals surface area (Å²) in [6.07, 6.45) is 1.47. The zero-order chi connectivity index (χ0) is 8.97. The molecule has 0 fully saturated rings. The van der Waals surface area contributed by atoms with Crippen molar-refractivity contribution in [2.45, 2.75) is 0 Å². The van der Waals surface area contributed by atoms with Crippen LogP contribution in [-0.4, -0.2) is 7.11 Å². The van der Waals surface area contributed by atoms with E-state index in [0.717, 1.165) is 11.3 Å². The molecular weight excluding hydrogens is 124 g/mol. The molecule has 0 radical (unpaired) electrons. The van der Waals surface area contributed by atoms with Crippen LogP contribution in [0.3, 0.4) is 0 Å². The first-order valence-electron chi connectivity index (χ1n) is 4.01. The van der Waals surface area contributed by atoms with Crippen LogP contribution in [0.2, 0.25) is 0 Å². The van der Waals surface area contributed by atoms with Crippen LogP contribution in [0, 0.1) is 0 Å². The quantitative estimate of drug-likeness (QED) is 0.606. The van der Waals surface area contributed by atoms with Crippen molar-refractivity contribution in [2.24, 2.45) is 0 Å². The van der Waals surface area contributed by atoms with E-state index in [1.165, 1.54) is 6.08 Å². The van der Waals surface area contributed by atoms with Gasteiger partial charge in [-0.3, -0.25) is 0 Å². The normalized spacial score (nSPS) is 11.3. The third kappa shape index (κ3) is 1.38. The summed E-state index contributed by atoms with van der Waals surface area (Å²) in [6.45, 7) is -0.194. The third-order valence-electron chi connectivity index (χ3n) is 1.28. The molecule has 1 aromatic carbocycles. The van der Waals surface area contributed by atoms with Gasteiger partial charge in [-0.05, 0) is 17.7 Å². The predicted molar refractivity (Wildman–Crippen MR) is 43.1 cm³/mol. The number of rotatable bonds is 2. The minimum atomic E-state index is -0.194. The van der Waals surface area contributed by atoms with Crippen molar-refractivity contribution in [3.05, 3.63) is 36.4 Å². The maximum Gasteiger partial charge on any atom is 0.118 e. The number of hydrogen-bond acceptors (Lipinski definition) is 1. The maximum atomic E-state index is 6.91. The zero-order valence-electron chi connectivity index (χ0n) is 7.79. The van der Waals surface area contributed by atoms with E-state index in [0.29, 0.717) is 0 Å². The van der Waals surface area contributed by atoms with Crippen LogP contribution in [-0.2, 0) is 0 Å². The Balaban J connectivity index is 2.85. The molecule has 0 heterocycles. The van der Waals surface area contributed by atoms with Crippen LogP contribution < -0.4 is 4.74 Å². The average molecular weight is 136 g/mol. The molecule has 0 atom stereocenters. The molecule has 10 heavy (non-hydrogen) atoms. The number of hydrogen-bond donors (Lipinski definition) is 0. The Morgan fingerprint density at radius 3 is 2.70 bits per heavy atom. The molecule has 0 unspecified atom stereocenters. The molecule has 0 spiro atoms. The van der Waals surface area contributed by atoms with Crippen LogP contribution in [0.4, 0.5) is 0 Å². The summed E-state index contributed by atoms with van der Waals surface area (Å²) in [5.74, 6) is 0.781. The van der Waals surface area contributed by atoms with E-state index in [2.05, 4.69) is 0 Å². The van der Waals surface area contributed by atoms with Crippen molar-refractivity contribution in [3.63, 3.8) is 0 Å². The summed E-state index contributed by atoms with van der Waals surface area (Å²) in [7, 11) is 1.60. The lowest BCUT2D eigenvalue weighted by Crippen LogP contribution is -1.80.